The number of nitrogens with zero attached hydrogens (tertiary/aromatic N) is 1. The zero-order valence-corrected chi connectivity index (χ0v) is 28.8. The Morgan fingerprint density at radius 3 is 2.00 bits per heavy atom. The number of nitrogens with two attached hydrogens (primary N) is 1. The van der Waals surface area contributed by atoms with Gasteiger partial charge in [-0.1, -0.05) is 188 Å². The minimum atomic E-state index is 0.511. The van der Waals surface area contributed by atoms with Crippen LogP contribution in [0.3, 0.4) is 0 Å². The molecule has 0 aliphatic heterocycles. The molecule has 6 aromatic rings. The van der Waals surface area contributed by atoms with Gasteiger partial charge in [-0.15, -0.1) is 0 Å². The van der Waals surface area contributed by atoms with Gasteiger partial charge in [0, 0.05) is 11.1 Å². The van der Waals surface area contributed by atoms with E-state index in [1.165, 1.54) is 27.5 Å². The minimum Gasteiger partial charge on any atom is -0.383 e. The average Bonchev–Trinajstić information content (AvgIpc) is 3.19. The molecule has 0 aromatic heterocycles. The normalized spacial score (nSPS) is 13.9. The fourth-order valence-corrected chi connectivity index (χ4v) is 6.08. The molecule has 0 heterocycles. The first kappa shape index (κ1) is 35.3. The standard InChI is InChI=1S/C39H34N2.C7H8.CH3N/c40-39(41-37(33-17-8-3-9-18-33)27-22-29-12-4-1-5-13-29)36-26-25-32-16-10-11-19-35(32)38(36)34-23-20-31(21-24-34)28-30-14-6-2-7-15-30;1-7-5-3-2-4-6-7;1-2/h1-14,16-21,23-27,30H,15,22,28H2,(H2,40,41);2-6H,1H3;2H,1H2/b37-27-;;. The smallest absolute Gasteiger partial charge is 0.132 e. The molecule has 7 rings (SSSR count). The highest BCUT2D eigenvalue weighted by molar-refractivity contribution is 6.12. The van der Waals surface area contributed by atoms with Crippen LogP contribution in [0.15, 0.2) is 187 Å². The number of rotatable bonds is 8. The van der Waals surface area contributed by atoms with Gasteiger partial charge in [-0.05, 0) is 71.8 Å². The minimum absolute atomic E-state index is 0.511. The van der Waals surface area contributed by atoms with Crippen LogP contribution < -0.4 is 5.73 Å². The lowest BCUT2D eigenvalue weighted by atomic mass is 9.90. The lowest BCUT2D eigenvalue weighted by molar-refractivity contribution is 0.653. The number of hydrogen-bond acceptors (Lipinski definition) is 2. The van der Waals surface area contributed by atoms with Crippen LogP contribution in [-0.2, 0) is 12.8 Å². The predicted molar refractivity (Wildman–Crippen MR) is 216 cm³/mol. The first-order valence-corrected chi connectivity index (χ1v) is 17.1. The van der Waals surface area contributed by atoms with Crippen LogP contribution in [-0.4, -0.2) is 12.6 Å². The first-order chi connectivity index (χ1) is 24.6. The van der Waals surface area contributed by atoms with Crippen molar-refractivity contribution in [3.8, 4) is 11.1 Å². The monoisotopic (exact) mass is 651 g/mol. The summed E-state index contributed by atoms with van der Waals surface area (Å²) in [6, 6.07) is 52.8. The maximum Gasteiger partial charge on any atom is 0.132 e. The van der Waals surface area contributed by atoms with Crippen LogP contribution in [0.4, 0.5) is 0 Å². The van der Waals surface area contributed by atoms with Crippen LogP contribution in [0.1, 0.15) is 34.2 Å². The quantitative estimate of drug-likeness (QED) is 0.125. The van der Waals surface area contributed by atoms with Crippen LogP contribution in [0, 0.1) is 18.3 Å². The van der Waals surface area contributed by atoms with Crippen molar-refractivity contribution in [3.63, 3.8) is 0 Å². The Morgan fingerprint density at radius 1 is 0.720 bits per heavy atom. The summed E-state index contributed by atoms with van der Waals surface area (Å²) in [7, 11) is 0. The Bertz CT molecular complexity index is 2060. The lowest BCUT2D eigenvalue weighted by Gasteiger charge is -2.16. The van der Waals surface area contributed by atoms with Crippen molar-refractivity contribution in [1.29, 1.82) is 5.41 Å². The number of nitrogens with one attached hydrogen (secondary N) is 1. The fourth-order valence-electron chi connectivity index (χ4n) is 6.08. The molecule has 1 atom stereocenters. The van der Waals surface area contributed by atoms with Gasteiger partial charge in [0.1, 0.15) is 5.84 Å². The Balaban J connectivity index is 0.000000477. The third kappa shape index (κ3) is 9.74. The number of amidine groups is 1. The number of aryl methyl sites for hydroxylation is 1. The number of aliphatic imine (C=N–C) groups is 1. The van der Waals surface area contributed by atoms with Crippen molar-refractivity contribution in [2.24, 2.45) is 16.6 Å². The molecule has 50 heavy (non-hydrogen) atoms. The van der Waals surface area contributed by atoms with Crippen LogP contribution in [0.25, 0.3) is 27.6 Å². The van der Waals surface area contributed by atoms with Gasteiger partial charge in [-0.25, -0.2) is 4.99 Å². The molecule has 248 valence electrons. The summed E-state index contributed by atoms with van der Waals surface area (Å²) in [4.78, 5) is 5.06. The van der Waals surface area contributed by atoms with Gasteiger partial charge in [0.15, 0.2) is 0 Å². The van der Waals surface area contributed by atoms with Crippen molar-refractivity contribution < 1.29 is 0 Å². The van der Waals surface area contributed by atoms with Crippen molar-refractivity contribution in [2.75, 3.05) is 0 Å². The number of hydrogen-bond donors (Lipinski definition) is 2. The molecule has 0 amide bonds. The summed E-state index contributed by atoms with van der Waals surface area (Å²) in [5, 5.41) is 7.86. The summed E-state index contributed by atoms with van der Waals surface area (Å²) in [6.45, 7) is 4.58. The molecule has 0 fully saturated rings. The number of benzene rings is 6. The first-order valence-electron chi connectivity index (χ1n) is 17.1. The SMILES string of the molecule is C=N.Cc1ccccc1.NC(=N/C(=C\Cc1ccccc1)c1ccccc1)c1ccc2ccccc2c1-c1ccc(CC2C=CC=CC2)cc1. The molecule has 0 spiro atoms. The number of allylic oxidation sites excluding steroid dienone is 5. The average molecular weight is 652 g/mol. The summed E-state index contributed by atoms with van der Waals surface area (Å²) < 4.78 is 0. The summed E-state index contributed by atoms with van der Waals surface area (Å²) in [6.07, 6.45) is 13.9. The van der Waals surface area contributed by atoms with Crippen LogP contribution in [0.5, 0.6) is 0 Å². The van der Waals surface area contributed by atoms with E-state index >= 15 is 0 Å². The third-order valence-electron chi connectivity index (χ3n) is 8.64. The third-order valence-corrected chi connectivity index (χ3v) is 8.64. The predicted octanol–water partition coefficient (Wildman–Crippen LogP) is 11.4. The van der Waals surface area contributed by atoms with Crippen molar-refractivity contribution in [3.05, 3.63) is 210 Å². The van der Waals surface area contributed by atoms with Crippen LogP contribution in [0.2, 0.25) is 0 Å². The highest BCUT2D eigenvalue weighted by Gasteiger charge is 2.15. The molecule has 3 heteroatoms. The second-order valence-corrected chi connectivity index (χ2v) is 12.2. The Hall–Kier alpha value is -6.06. The topological polar surface area (TPSA) is 62.2 Å². The van der Waals surface area contributed by atoms with Gasteiger partial charge >= 0.3 is 0 Å². The molecule has 3 nitrogen and oxygen atoms in total. The van der Waals surface area contributed by atoms with Gasteiger partial charge in [0.2, 0.25) is 0 Å². The maximum atomic E-state index is 6.88. The van der Waals surface area contributed by atoms with Crippen LogP contribution >= 0.6 is 0 Å². The molecular formula is C47H45N3. The molecule has 1 unspecified atom stereocenters. The molecule has 6 aromatic carbocycles. The highest BCUT2D eigenvalue weighted by Crippen LogP contribution is 2.33. The molecule has 0 saturated heterocycles. The zero-order valence-electron chi connectivity index (χ0n) is 28.8. The van der Waals surface area contributed by atoms with Gasteiger partial charge in [0.25, 0.3) is 0 Å². The van der Waals surface area contributed by atoms with E-state index in [0.717, 1.165) is 47.2 Å². The lowest BCUT2D eigenvalue weighted by Crippen LogP contribution is -2.15. The molecule has 0 saturated carbocycles. The van der Waals surface area contributed by atoms with Crippen molar-refractivity contribution in [2.45, 2.75) is 26.2 Å². The Morgan fingerprint density at radius 2 is 1.36 bits per heavy atom. The van der Waals surface area contributed by atoms with Crippen molar-refractivity contribution in [1.82, 2.24) is 0 Å². The van der Waals surface area contributed by atoms with E-state index in [0.29, 0.717) is 11.8 Å². The molecule has 0 radical (unpaired) electrons. The fraction of sp³-hybridized carbons (Fsp3) is 0.106. The van der Waals surface area contributed by atoms with Gasteiger partial charge in [-0.2, -0.15) is 0 Å². The maximum absolute atomic E-state index is 6.88. The second kappa shape index (κ2) is 18.5. The number of fused-ring (bicyclic) bond motifs is 1. The van der Waals surface area contributed by atoms with E-state index < -0.39 is 0 Å². The van der Waals surface area contributed by atoms with E-state index in [4.69, 9.17) is 16.1 Å². The second-order valence-electron chi connectivity index (χ2n) is 12.2. The van der Waals surface area contributed by atoms with Crippen molar-refractivity contribution >= 4 is 29.0 Å². The van der Waals surface area contributed by atoms with Gasteiger partial charge in [-0.3, -0.25) is 0 Å². The summed E-state index contributed by atoms with van der Waals surface area (Å²) in [5.74, 6) is 1.07. The zero-order chi connectivity index (χ0) is 35.0. The Kier molecular flexibility index (Phi) is 13.0. The Labute approximate surface area is 297 Å². The molecule has 1 aliphatic carbocycles. The molecule has 0 bridgehead atoms. The van der Waals surface area contributed by atoms with Gasteiger partial charge < -0.3 is 11.1 Å². The highest BCUT2D eigenvalue weighted by atomic mass is 14.9. The van der Waals surface area contributed by atoms with Gasteiger partial charge in [0.05, 0.1) is 5.70 Å². The molecule has 1 aliphatic rings. The summed E-state index contributed by atoms with van der Waals surface area (Å²) >= 11 is 0. The van der Waals surface area contributed by atoms with E-state index in [9.17, 15) is 0 Å². The molecule has 3 N–H and O–H groups in total. The largest absolute Gasteiger partial charge is 0.383 e. The van der Waals surface area contributed by atoms with E-state index in [1.807, 2.05) is 42.5 Å². The van der Waals surface area contributed by atoms with E-state index in [-0.39, 0.29) is 0 Å². The van der Waals surface area contributed by atoms with E-state index in [1.54, 1.807) is 0 Å². The van der Waals surface area contributed by atoms with E-state index in [2.05, 4.69) is 153 Å². The summed E-state index contributed by atoms with van der Waals surface area (Å²) in [5.41, 5.74) is 15.9. The molecular weight excluding hydrogens is 607 g/mol.